The van der Waals surface area contributed by atoms with Crippen LogP contribution >= 0.6 is 0 Å². The summed E-state index contributed by atoms with van der Waals surface area (Å²) in [5.74, 6) is 0. The molecule has 1 aliphatic carbocycles. The second-order valence-corrected chi connectivity index (χ2v) is 6.57. The smallest absolute Gasteiger partial charge is 0.0284 e. The van der Waals surface area contributed by atoms with E-state index in [2.05, 4.69) is 80.6 Å². The standard InChI is InChI=1S/C22H25N/c1-17(2)13-15-22(14-7-8-16-23)20-11-5-3-9-18(20)19-10-4-6-12-21(19)22/h3-13H,14-16,23H2,1-2H3/b8-7+. The lowest BCUT2D eigenvalue weighted by atomic mass is 9.72. The second kappa shape index (κ2) is 6.55. The first-order chi connectivity index (χ1) is 11.2. The molecule has 0 heterocycles. The average Bonchev–Trinajstić information content (AvgIpc) is 2.85. The Morgan fingerprint density at radius 2 is 1.43 bits per heavy atom. The van der Waals surface area contributed by atoms with Gasteiger partial charge in [-0.2, -0.15) is 0 Å². The predicted octanol–water partition coefficient (Wildman–Crippen LogP) is 5.21. The van der Waals surface area contributed by atoms with Gasteiger partial charge in [0.2, 0.25) is 0 Å². The summed E-state index contributed by atoms with van der Waals surface area (Å²) in [4.78, 5) is 0. The fourth-order valence-electron chi connectivity index (χ4n) is 3.70. The molecule has 0 amide bonds. The molecular weight excluding hydrogens is 278 g/mol. The summed E-state index contributed by atoms with van der Waals surface area (Å²) in [6.45, 7) is 4.95. The molecule has 118 valence electrons. The summed E-state index contributed by atoms with van der Waals surface area (Å²) < 4.78 is 0. The number of nitrogens with two attached hydrogens (primary N) is 1. The van der Waals surface area contributed by atoms with Gasteiger partial charge in [0, 0.05) is 12.0 Å². The van der Waals surface area contributed by atoms with E-state index in [1.807, 2.05) is 0 Å². The second-order valence-electron chi connectivity index (χ2n) is 6.57. The topological polar surface area (TPSA) is 26.0 Å². The molecule has 0 saturated carbocycles. The van der Waals surface area contributed by atoms with Crippen molar-refractivity contribution in [1.29, 1.82) is 0 Å². The zero-order chi connectivity index (χ0) is 16.3. The Labute approximate surface area is 139 Å². The molecule has 1 nitrogen and oxygen atoms in total. The van der Waals surface area contributed by atoms with Crippen molar-refractivity contribution < 1.29 is 0 Å². The molecule has 23 heavy (non-hydrogen) atoms. The number of rotatable bonds is 5. The van der Waals surface area contributed by atoms with E-state index in [1.165, 1.54) is 27.8 Å². The Morgan fingerprint density at radius 3 is 1.96 bits per heavy atom. The SMILES string of the molecule is CC(C)=CCC1(C/C=C/CN)c2ccccc2-c2ccccc21. The predicted molar refractivity (Wildman–Crippen MR) is 99.5 cm³/mol. The maximum absolute atomic E-state index is 5.67. The van der Waals surface area contributed by atoms with E-state index in [-0.39, 0.29) is 5.41 Å². The number of benzene rings is 2. The normalized spacial score (nSPS) is 14.6. The molecule has 0 aromatic heterocycles. The summed E-state index contributed by atoms with van der Waals surface area (Å²) >= 11 is 0. The Balaban J connectivity index is 2.20. The van der Waals surface area contributed by atoms with Gasteiger partial charge in [-0.1, -0.05) is 72.3 Å². The van der Waals surface area contributed by atoms with Crippen LogP contribution in [0.1, 0.15) is 37.8 Å². The van der Waals surface area contributed by atoms with E-state index in [1.54, 1.807) is 0 Å². The van der Waals surface area contributed by atoms with Crippen LogP contribution in [0.25, 0.3) is 11.1 Å². The third kappa shape index (κ3) is 2.77. The van der Waals surface area contributed by atoms with Gasteiger partial charge >= 0.3 is 0 Å². The molecule has 3 rings (SSSR count). The highest BCUT2D eigenvalue weighted by Gasteiger charge is 2.40. The first-order valence-electron chi connectivity index (χ1n) is 8.37. The molecule has 0 bridgehead atoms. The largest absolute Gasteiger partial charge is 0.327 e. The van der Waals surface area contributed by atoms with Crippen LogP contribution in [0, 0.1) is 0 Å². The summed E-state index contributed by atoms with van der Waals surface area (Å²) in [5.41, 5.74) is 12.7. The van der Waals surface area contributed by atoms with Gasteiger partial charge in [-0.15, -0.1) is 0 Å². The molecule has 0 radical (unpaired) electrons. The number of allylic oxidation sites excluding steroid dienone is 3. The molecule has 0 unspecified atom stereocenters. The molecule has 1 aliphatic rings. The van der Waals surface area contributed by atoms with Gasteiger partial charge in [0.25, 0.3) is 0 Å². The van der Waals surface area contributed by atoms with Gasteiger partial charge in [-0.3, -0.25) is 0 Å². The van der Waals surface area contributed by atoms with Crippen LogP contribution in [-0.4, -0.2) is 6.54 Å². The van der Waals surface area contributed by atoms with Gasteiger partial charge in [0.15, 0.2) is 0 Å². The van der Waals surface area contributed by atoms with Crippen LogP contribution in [0.5, 0.6) is 0 Å². The van der Waals surface area contributed by atoms with Gasteiger partial charge in [0.1, 0.15) is 0 Å². The fourth-order valence-corrected chi connectivity index (χ4v) is 3.70. The van der Waals surface area contributed by atoms with Crippen LogP contribution < -0.4 is 5.73 Å². The third-order valence-electron chi connectivity index (χ3n) is 4.80. The van der Waals surface area contributed by atoms with Gasteiger partial charge in [-0.05, 0) is 48.9 Å². The fraction of sp³-hybridized carbons (Fsp3) is 0.273. The Morgan fingerprint density at radius 1 is 0.870 bits per heavy atom. The van der Waals surface area contributed by atoms with Crippen molar-refractivity contribution in [2.45, 2.75) is 32.1 Å². The van der Waals surface area contributed by atoms with Crippen LogP contribution in [0.3, 0.4) is 0 Å². The van der Waals surface area contributed by atoms with Crippen molar-refractivity contribution in [2.24, 2.45) is 5.73 Å². The molecule has 0 aliphatic heterocycles. The molecule has 0 fully saturated rings. The number of hydrogen-bond donors (Lipinski definition) is 1. The first kappa shape index (κ1) is 15.8. The zero-order valence-electron chi connectivity index (χ0n) is 14.0. The summed E-state index contributed by atoms with van der Waals surface area (Å²) in [6.07, 6.45) is 8.71. The third-order valence-corrected chi connectivity index (χ3v) is 4.80. The van der Waals surface area contributed by atoms with Crippen LogP contribution in [-0.2, 0) is 5.41 Å². The van der Waals surface area contributed by atoms with E-state index < -0.39 is 0 Å². The average molecular weight is 303 g/mol. The minimum Gasteiger partial charge on any atom is -0.327 e. The van der Waals surface area contributed by atoms with Crippen molar-refractivity contribution in [3.05, 3.63) is 83.5 Å². The minimum absolute atomic E-state index is 0.0239. The van der Waals surface area contributed by atoms with E-state index in [9.17, 15) is 0 Å². The molecular formula is C22H25N. The first-order valence-corrected chi connectivity index (χ1v) is 8.37. The lowest BCUT2D eigenvalue weighted by Gasteiger charge is -2.30. The lowest BCUT2D eigenvalue weighted by molar-refractivity contribution is 0.540. The van der Waals surface area contributed by atoms with E-state index in [0.717, 1.165) is 12.8 Å². The van der Waals surface area contributed by atoms with Crippen molar-refractivity contribution in [1.82, 2.24) is 0 Å². The highest BCUT2D eigenvalue weighted by molar-refractivity contribution is 5.81. The maximum Gasteiger partial charge on any atom is 0.0284 e. The molecule has 0 atom stereocenters. The lowest BCUT2D eigenvalue weighted by Crippen LogP contribution is -2.24. The summed E-state index contributed by atoms with van der Waals surface area (Å²) in [7, 11) is 0. The minimum atomic E-state index is 0.0239. The Hall–Kier alpha value is -2.12. The molecule has 2 aromatic carbocycles. The maximum atomic E-state index is 5.67. The number of fused-ring (bicyclic) bond motifs is 3. The number of hydrogen-bond acceptors (Lipinski definition) is 1. The van der Waals surface area contributed by atoms with Crippen LogP contribution in [0.2, 0.25) is 0 Å². The van der Waals surface area contributed by atoms with Crippen LogP contribution in [0.15, 0.2) is 72.3 Å². The van der Waals surface area contributed by atoms with Crippen molar-refractivity contribution in [2.75, 3.05) is 6.54 Å². The van der Waals surface area contributed by atoms with Gasteiger partial charge in [0.05, 0.1) is 0 Å². The van der Waals surface area contributed by atoms with Gasteiger partial charge < -0.3 is 5.73 Å². The van der Waals surface area contributed by atoms with Gasteiger partial charge in [-0.25, -0.2) is 0 Å². The monoisotopic (exact) mass is 303 g/mol. The molecule has 0 spiro atoms. The Kier molecular flexibility index (Phi) is 4.49. The van der Waals surface area contributed by atoms with E-state index in [0.29, 0.717) is 6.54 Å². The van der Waals surface area contributed by atoms with Crippen LogP contribution in [0.4, 0.5) is 0 Å². The van der Waals surface area contributed by atoms with Crippen molar-refractivity contribution >= 4 is 0 Å². The summed E-state index contributed by atoms with van der Waals surface area (Å²) in [5, 5.41) is 0. The van der Waals surface area contributed by atoms with Crippen molar-refractivity contribution in [3.8, 4) is 11.1 Å². The molecule has 2 N–H and O–H groups in total. The van der Waals surface area contributed by atoms with E-state index >= 15 is 0 Å². The zero-order valence-corrected chi connectivity index (χ0v) is 14.0. The summed E-state index contributed by atoms with van der Waals surface area (Å²) in [6, 6.07) is 17.7. The van der Waals surface area contributed by atoms with Crippen molar-refractivity contribution in [3.63, 3.8) is 0 Å². The molecule has 0 saturated heterocycles. The highest BCUT2D eigenvalue weighted by atomic mass is 14.5. The quantitative estimate of drug-likeness (QED) is 0.753. The van der Waals surface area contributed by atoms with E-state index in [4.69, 9.17) is 5.73 Å². The Bertz CT molecular complexity index is 703. The molecule has 1 heteroatoms. The molecule has 2 aromatic rings. The highest BCUT2D eigenvalue weighted by Crippen LogP contribution is 2.53.